The summed E-state index contributed by atoms with van der Waals surface area (Å²) < 4.78 is 38.3. The maximum Gasteiger partial charge on any atom is 0.161 e. The molecule has 78 valence electrons. The first-order chi connectivity index (χ1) is 6.65. The van der Waals surface area contributed by atoms with E-state index in [1.54, 1.807) is 7.05 Å². The van der Waals surface area contributed by atoms with Crippen LogP contribution in [-0.2, 0) is 6.42 Å². The lowest BCUT2D eigenvalue weighted by Crippen LogP contribution is -2.09. The summed E-state index contributed by atoms with van der Waals surface area (Å²) >= 11 is 0. The summed E-state index contributed by atoms with van der Waals surface area (Å²) in [5.74, 6) is -2.81. The Morgan fingerprint density at radius 2 is 1.71 bits per heavy atom. The molecule has 0 aromatic heterocycles. The molecule has 0 spiro atoms. The summed E-state index contributed by atoms with van der Waals surface area (Å²) in [7, 11) is 1.78. The fourth-order valence-corrected chi connectivity index (χ4v) is 1.21. The van der Waals surface area contributed by atoms with Gasteiger partial charge in [0.15, 0.2) is 11.6 Å². The Hall–Kier alpha value is -1.03. The van der Waals surface area contributed by atoms with Crippen molar-refractivity contribution in [3.8, 4) is 0 Å². The number of nitrogens with one attached hydrogen (secondary N) is 1. The van der Waals surface area contributed by atoms with Gasteiger partial charge in [0.25, 0.3) is 0 Å². The smallest absolute Gasteiger partial charge is 0.161 e. The molecule has 0 heterocycles. The second-order valence-corrected chi connectivity index (χ2v) is 3.06. The molecule has 0 amide bonds. The van der Waals surface area contributed by atoms with Crippen LogP contribution >= 0.6 is 0 Å². The highest BCUT2D eigenvalue weighted by atomic mass is 19.2. The van der Waals surface area contributed by atoms with E-state index in [-0.39, 0.29) is 5.56 Å². The number of rotatable bonds is 4. The number of hydrogen-bond acceptors (Lipinski definition) is 1. The first kappa shape index (κ1) is 11.0. The normalized spacial score (nSPS) is 10.6. The van der Waals surface area contributed by atoms with Gasteiger partial charge in [-0.3, -0.25) is 0 Å². The second-order valence-electron chi connectivity index (χ2n) is 3.06. The van der Waals surface area contributed by atoms with E-state index >= 15 is 0 Å². The van der Waals surface area contributed by atoms with Gasteiger partial charge in [-0.2, -0.15) is 0 Å². The van der Waals surface area contributed by atoms with Crippen LogP contribution in [0.15, 0.2) is 12.1 Å². The largest absolute Gasteiger partial charge is 0.320 e. The van der Waals surface area contributed by atoms with Gasteiger partial charge in [-0.25, -0.2) is 13.2 Å². The molecule has 0 unspecified atom stereocenters. The SMILES string of the molecule is CNCCCc1cc(F)c(F)cc1F. The molecule has 1 aromatic rings. The molecule has 1 rings (SSSR count). The zero-order chi connectivity index (χ0) is 10.6. The van der Waals surface area contributed by atoms with E-state index in [0.717, 1.165) is 12.6 Å². The van der Waals surface area contributed by atoms with Crippen molar-refractivity contribution < 1.29 is 13.2 Å². The molecule has 1 aromatic carbocycles. The average Bonchev–Trinajstić information content (AvgIpc) is 2.14. The maximum absolute atomic E-state index is 13.0. The molecule has 4 heteroatoms. The Morgan fingerprint density at radius 3 is 2.36 bits per heavy atom. The molecular formula is C10H12F3N. The number of halogens is 3. The van der Waals surface area contributed by atoms with Gasteiger partial charge in [-0.05, 0) is 38.1 Å². The van der Waals surface area contributed by atoms with E-state index in [2.05, 4.69) is 5.32 Å². The molecule has 0 saturated carbocycles. The van der Waals surface area contributed by atoms with Crippen LogP contribution in [0.3, 0.4) is 0 Å². The minimum atomic E-state index is -1.14. The predicted octanol–water partition coefficient (Wildman–Crippen LogP) is 2.26. The highest BCUT2D eigenvalue weighted by Crippen LogP contribution is 2.14. The van der Waals surface area contributed by atoms with E-state index in [4.69, 9.17) is 0 Å². The van der Waals surface area contributed by atoms with Crippen molar-refractivity contribution in [2.75, 3.05) is 13.6 Å². The molecule has 0 aliphatic rings. The van der Waals surface area contributed by atoms with Gasteiger partial charge in [0, 0.05) is 6.07 Å². The van der Waals surface area contributed by atoms with E-state index in [1.165, 1.54) is 0 Å². The topological polar surface area (TPSA) is 12.0 Å². The van der Waals surface area contributed by atoms with Crippen molar-refractivity contribution >= 4 is 0 Å². The van der Waals surface area contributed by atoms with Gasteiger partial charge in [0.05, 0.1) is 0 Å². The fourth-order valence-electron chi connectivity index (χ4n) is 1.21. The maximum atomic E-state index is 13.0. The van der Waals surface area contributed by atoms with Crippen LogP contribution in [0.25, 0.3) is 0 Å². The second kappa shape index (κ2) is 5.00. The standard InChI is InChI=1S/C10H12F3N/c1-14-4-2-3-7-5-9(12)10(13)6-8(7)11/h5-6,14H,2-4H2,1H3. The Balaban J connectivity index is 2.72. The molecule has 0 saturated heterocycles. The van der Waals surface area contributed by atoms with Crippen LogP contribution in [0.4, 0.5) is 13.2 Å². The Labute approximate surface area is 80.9 Å². The minimum Gasteiger partial charge on any atom is -0.320 e. The van der Waals surface area contributed by atoms with Gasteiger partial charge in [0.1, 0.15) is 5.82 Å². The highest BCUT2D eigenvalue weighted by molar-refractivity contribution is 5.20. The lowest BCUT2D eigenvalue weighted by molar-refractivity contribution is 0.489. The van der Waals surface area contributed by atoms with Crippen LogP contribution in [0, 0.1) is 17.5 Å². The molecule has 0 aliphatic carbocycles. The van der Waals surface area contributed by atoms with Gasteiger partial charge < -0.3 is 5.32 Å². The van der Waals surface area contributed by atoms with E-state index in [1.807, 2.05) is 0 Å². The molecule has 0 bridgehead atoms. The zero-order valence-corrected chi connectivity index (χ0v) is 7.91. The number of benzene rings is 1. The third-order valence-electron chi connectivity index (χ3n) is 1.96. The molecule has 0 atom stereocenters. The summed E-state index contributed by atoms with van der Waals surface area (Å²) in [5, 5.41) is 2.89. The molecule has 1 nitrogen and oxygen atoms in total. The summed E-state index contributed by atoms with van der Waals surface area (Å²) in [4.78, 5) is 0. The van der Waals surface area contributed by atoms with E-state index < -0.39 is 17.5 Å². The summed E-state index contributed by atoms with van der Waals surface area (Å²) in [6.07, 6.45) is 1.10. The van der Waals surface area contributed by atoms with Crippen molar-refractivity contribution in [2.45, 2.75) is 12.8 Å². The highest BCUT2D eigenvalue weighted by Gasteiger charge is 2.08. The summed E-state index contributed by atoms with van der Waals surface area (Å²) in [6, 6.07) is 1.50. The Kier molecular flexibility index (Phi) is 3.95. The van der Waals surface area contributed by atoms with Crippen LogP contribution in [-0.4, -0.2) is 13.6 Å². The molecule has 0 fully saturated rings. The van der Waals surface area contributed by atoms with E-state index in [9.17, 15) is 13.2 Å². The number of hydrogen-bond donors (Lipinski definition) is 1. The lowest BCUT2D eigenvalue weighted by Gasteiger charge is -2.03. The van der Waals surface area contributed by atoms with Crippen molar-refractivity contribution in [3.05, 3.63) is 35.1 Å². The van der Waals surface area contributed by atoms with Crippen molar-refractivity contribution in [1.29, 1.82) is 0 Å². The summed E-state index contributed by atoms with van der Waals surface area (Å²) in [5.41, 5.74) is 0.221. The van der Waals surface area contributed by atoms with E-state index in [0.29, 0.717) is 18.9 Å². The first-order valence-electron chi connectivity index (χ1n) is 4.43. The third-order valence-corrected chi connectivity index (χ3v) is 1.96. The van der Waals surface area contributed by atoms with Crippen LogP contribution < -0.4 is 5.32 Å². The van der Waals surface area contributed by atoms with Crippen LogP contribution in [0.2, 0.25) is 0 Å². The van der Waals surface area contributed by atoms with Crippen molar-refractivity contribution in [1.82, 2.24) is 5.32 Å². The van der Waals surface area contributed by atoms with Gasteiger partial charge >= 0.3 is 0 Å². The zero-order valence-electron chi connectivity index (χ0n) is 7.91. The molecule has 14 heavy (non-hydrogen) atoms. The molecular weight excluding hydrogens is 191 g/mol. The molecule has 1 N–H and O–H groups in total. The Morgan fingerprint density at radius 1 is 1.07 bits per heavy atom. The first-order valence-corrected chi connectivity index (χ1v) is 4.43. The monoisotopic (exact) mass is 203 g/mol. The van der Waals surface area contributed by atoms with Gasteiger partial charge in [-0.1, -0.05) is 0 Å². The molecule has 0 radical (unpaired) electrons. The predicted molar refractivity (Wildman–Crippen MR) is 48.6 cm³/mol. The minimum absolute atomic E-state index is 0.221. The third kappa shape index (κ3) is 2.73. The van der Waals surface area contributed by atoms with Crippen LogP contribution in [0.5, 0.6) is 0 Å². The van der Waals surface area contributed by atoms with Crippen LogP contribution in [0.1, 0.15) is 12.0 Å². The quantitative estimate of drug-likeness (QED) is 0.584. The lowest BCUT2D eigenvalue weighted by atomic mass is 10.1. The van der Waals surface area contributed by atoms with Crippen molar-refractivity contribution in [2.24, 2.45) is 0 Å². The fraction of sp³-hybridized carbons (Fsp3) is 0.400. The van der Waals surface area contributed by atoms with Crippen molar-refractivity contribution in [3.63, 3.8) is 0 Å². The average molecular weight is 203 g/mol. The van der Waals surface area contributed by atoms with Gasteiger partial charge in [-0.15, -0.1) is 0 Å². The molecule has 0 aliphatic heterocycles. The van der Waals surface area contributed by atoms with Gasteiger partial charge in [0.2, 0.25) is 0 Å². The number of aryl methyl sites for hydroxylation is 1. The Bertz CT molecular complexity index is 312. The summed E-state index contributed by atoms with van der Waals surface area (Å²) in [6.45, 7) is 0.721.